The average Bonchev–Trinajstić information content (AvgIpc) is 2.77. The molecule has 2 aromatic rings. The van der Waals surface area contributed by atoms with E-state index in [0.717, 1.165) is 31.4 Å². The predicted octanol–water partition coefficient (Wildman–Crippen LogP) is 3.04. The van der Waals surface area contributed by atoms with Gasteiger partial charge in [0.2, 0.25) is 15.6 Å². The summed E-state index contributed by atoms with van der Waals surface area (Å²) >= 11 is 0. The number of piperidine rings is 1. The van der Waals surface area contributed by atoms with Crippen molar-refractivity contribution in [2.24, 2.45) is 0 Å². The molecule has 0 bridgehead atoms. The van der Waals surface area contributed by atoms with Crippen LogP contribution in [0.5, 0.6) is 0 Å². The van der Waals surface area contributed by atoms with E-state index in [9.17, 15) is 31.5 Å². The fraction of sp³-hybridized carbons (Fsp3) is 0.381. The summed E-state index contributed by atoms with van der Waals surface area (Å²) in [5.41, 5.74) is -3.68. The fourth-order valence-electron chi connectivity index (χ4n) is 3.42. The van der Waals surface area contributed by atoms with Crippen LogP contribution in [0.2, 0.25) is 0 Å². The third-order valence-corrected chi connectivity index (χ3v) is 7.21. The Labute approximate surface area is 178 Å². The molecule has 0 radical (unpaired) electrons. The number of halogens is 3. The largest absolute Gasteiger partial charge is 0.423 e. The summed E-state index contributed by atoms with van der Waals surface area (Å²) in [5.74, 6) is -0.861. The molecule has 31 heavy (non-hydrogen) atoms. The van der Waals surface area contributed by atoms with E-state index in [1.165, 1.54) is 46.8 Å². The minimum atomic E-state index is -5.02. The van der Waals surface area contributed by atoms with Gasteiger partial charge in [-0.3, -0.25) is 4.79 Å². The number of nitrogens with zero attached hydrogens (tertiary/aromatic N) is 1. The Bertz CT molecular complexity index is 1010. The van der Waals surface area contributed by atoms with Crippen molar-refractivity contribution < 1.29 is 31.5 Å². The molecule has 1 amide bonds. The molecular formula is C21H23F3N2O4S. The maximum Gasteiger partial charge on any atom is 0.423 e. The van der Waals surface area contributed by atoms with Crippen molar-refractivity contribution >= 4 is 15.9 Å². The van der Waals surface area contributed by atoms with E-state index < -0.39 is 39.8 Å². The second-order valence-electron chi connectivity index (χ2n) is 7.40. The number of rotatable bonds is 6. The second kappa shape index (κ2) is 8.97. The SMILES string of the molecule is O=C(NCC(O)(c1ccccc1)C(F)(F)F)c1ccc(S(=O)(=O)N2CCCCC2)cc1. The van der Waals surface area contributed by atoms with Gasteiger partial charge in [-0.05, 0) is 42.7 Å². The monoisotopic (exact) mass is 456 g/mol. The number of sulfonamides is 1. The molecule has 1 saturated heterocycles. The van der Waals surface area contributed by atoms with Crippen LogP contribution in [-0.2, 0) is 15.6 Å². The standard InChI is InChI=1S/C21H23F3N2O4S/c22-21(23,24)20(28,17-7-3-1-4-8-17)15-25-19(27)16-9-11-18(12-10-16)31(29,30)26-13-5-2-6-14-26/h1,3-4,7-12,28H,2,5-6,13-15H2,(H,25,27). The Hall–Kier alpha value is -2.43. The summed E-state index contributed by atoms with van der Waals surface area (Å²) in [5, 5.41) is 12.4. The first-order valence-electron chi connectivity index (χ1n) is 9.79. The van der Waals surface area contributed by atoms with Crippen molar-refractivity contribution in [3.8, 4) is 0 Å². The summed E-state index contributed by atoms with van der Waals surface area (Å²) in [6, 6.07) is 11.5. The molecule has 6 nitrogen and oxygen atoms in total. The first-order chi connectivity index (χ1) is 14.6. The van der Waals surface area contributed by atoms with Crippen LogP contribution in [0.3, 0.4) is 0 Å². The normalized spacial score (nSPS) is 17.7. The topological polar surface area (TPSA) is 86.7 Å². The zero-order chi connectivity index (χ0) is 22.7. The zero-order valence-corrected chi connectivity index (χ0v) is 17.4. The van der Waals surface area contributed by atoms with E-state index >= 15 is 0 Å². The Kier molecular flexibility index (Phi) is 6.73. The minimum Gasteiger partial charge on any atom is -0.375 e. The molecule has 10 heteroatoms. The number of carbonyl (C=O) groups excluding carboxylic acids is 1. The Morgan fingerprint density at radius 2 is 1.55 bits per heavy atom. The average molecular weight is 456 g/mol. The quantitative estimate of drug-likeness (QED) is 0.700. The maximum atomic E-state index is 13.5. The van der Waals surface area contributed by atoms with Gasteiger partial charge in [-0.2, -0.15) is 17.5 Å². The lowest BCUT2D eigenvalue weighted by Gasteiger charge is -2.31. The lowest BCUT2D eigenvalue weighted by atomic mass is 9.93. The minimum absolute atomic E-state index is 0.0158. The molecule has 1 unspecified atom stereocenters. The Balaban J connectivity index is 1.73. The smallest absolute Gasteiger partial charge is 0.375 e. The predicted molar refractivity (Wildman–Crippen MR) is 108 cm³/mol. The summed E-state index contributed by atoms with van der Waals surface area (Å²) < 4.78 is 67.3. The number of hydrogen-bond acceptors (Lipinski definition) is 4. The van der Waals surface area contributed by atoms with Crippen LogP contribution in [0.1, 0.15) is 35.2 Å². The summed E-state index contributed by atoms with van der Waals surface area (Å²) in [6.45, 7) is -0.229. The van der Waals surface area contributed by atoms with Crippen molar-refractivity contribution in [2.75, 3.05) is 19.6 Å². The molecule has 0 spiro atoms. The highest BCUT2D eigenvalue weighted by atomic mass is 32.2. The van der Waals surface area contributed by atoms with Gasteiger partial charge in [0.1, 0.15) is 0 Å². The summed E-state index contributed by atoms with van der Waals surface area (Å²) in [7, 11) is -3.68. The van der Waals surface area contributed by atoms with E-state index in [2.05, 4.69) is 5.32 Å². The van der Waals surface area contributed by atoms with E-state index in [1.807, 2.05) is 0 Å². The maximum absolute atomic E-state index is 13.5. The van der Waals surface area contributed by atoms with Gasteiger partial charge in [-0.1, -0.05) is 36.8 Å². The van der Waals surface area contributed by atoms with Crippen LogP contribution in [0, 0.1) is 0 Å². The van der Waals surface area contributed by atoms with Crippen molar-refractivity contribution in [1.82, 2.24) is 9.62 Å². The van der Waals surface area contributed by atoms with E-state index in [0.29, 0.717) is 13.1 Å². The van der Waals surface area contributed by atoms with Crippen LogP contribution < -0.4 is 5.32 Å². The first-order valence-corrected chi connectivity index (χ1v) is 11.2. The van der Waals surface area contributed by atoms with Crippen LogP contribution in [0.25, 0.3) is 0 Å². The van der Waals surface area contributed by atoms with Gasteiger partial charge in [0.05, 0.1) is 11.4 Å². The van der Waals surface area contributed by atoms with Crippen molar-refractivity contribution in [1.29, 1.82) is 0 Å². The molecule has 0 aliphatic carbocycles. The molecule has 168 valence electrons. The number of aliphatic hydroxyl groups is 1. The van der Waals surface area contributed by atoms with E-state index in [1.54, 1.807) is 0 Å². The third-order valence-electron chi connectivity index (χ3n) is 5.29. The van der Waals surface area contributed by atoms with Gasteiger partial charge in [0.25, 0.3) is 5.91 Å². The number of benzene rings is 2. The van der Waals surface area contributed by atoms with Gasteiger partial charge in [-0.25, -0.2) is 8.42 Å². The molecule has 1 aliphatic heterocycles. The van der Waals surface area contributed by atoms with E-state index in [4.69, 9.17) is 0 Å². The molecule has 1 atom stereocenters. The van der Waals surface area contributed by atoms with Gasteiger partial charge < -0.3 is 10.4 Å². The van der Waals surface area contributed by atoms with Crippen LogP contribution in [0.4, 0.5) is 13.2 Å². The molecule has 1 fully saturated rings. The van der Waals surface area contributed by atoms with Gasteiger partial charge in [-0.15, -0.1) is 0 Å². The van der Waals surface area contributed by atoms with Crippen molar-refractivity contribution in [3.05, 3.63) is 65.7 Å². The van der Waals surface area contributed by atoms with Gasteiger partial charge in [0, 0.05) is 18.7 Å². The molecule has 2 aromatic carbocycles. The lowest BCUT2D eigenvalue weighted by molar-refractivity contribution is -0.263. The Morgan fingerprint density at radius 3 is 2.10 bits per heavy atom. The molecule has 1 heterocycles. The molecule has 1 aliphatic rings. The molecule has 0 saturated carbocycles. The number of nitrogens with one attached hydrogen (secondary N) is 1. The van der Waals surface area contributed by atoms with Crippen LogP contribution in [0.15, 0.2) is 59.5 Å². The number of carbonyl (C=O) groups is 1. The second-order valence-corrected chi connectivity index (χ2v) is 9.33. The summed E-state index contributed by atoms with van der Waals surface area (Å²) in [6.07, 6.45) is -2.49. The van der Waals surface area contributed by atoms with Gasteiger partial charge >= 0.3 is 6.18 Å². The number of alkyl halides is 3. The molecule has 3 rings (SSSR count). The molecule has 2 N–H and O–H groups in total. The number of hydrogen-bond donors (Lipinski definition) is 2. The summed E-state index contributed by atoms with van der Waals surface area (Å²) in [4.78, 5) is 12.4. The lowest BCUT2D eigenvalue weighted by Crippen LogP contribution is -2.51. The highest BCUT2D eigenvalue weighted by Gasteiger charge is 2.55. The van der Waals surface area contributed by atoms with Crippen molar-refractivity contribution in [2.45, 2.75) is 35.9 Å². The number of amides is 1. The molecule has 0 aromatic heterocycles. The van der Waals surface area contributed by atoms with E-state index in [-0.39, 0.29) is 10.5 Å². The van der Waals surface area contributed by atoms with Crippen LogP contribution >= 0.6 is 0 Å². The first kappa shape index (κ1) is 23.2. The Morgan fingerprint density at radius 1 is 0.968 bits per heavy atom. The highest BCUT2D eigenvalue weighted by Crippen LogP contribution is 2.38. The molecular weight excluding hydrogens is 433 g/mol. The fourth-order valence-corrected chi connectivity index (χ4v) is 4.94. The van der Waals surface area contributed by atoms with Gasteiger partial charge in [0.15, 0.2) is 0 Å². The van der Waals surface area contributed by atoms with Crippen LogP contribution in [-0.4, -0.2) is 49.5 Å². The highest BCUT2D eigenvalue weighted by molar-refractivity contribution is 7.89. The third kappa shape index (κ3) is 4.91. The van der Waals surface area contributed by atoms with Crippen molar-refractivity contribution in [3.63, 3.8) is 0 Å². The zero-order valence-electron chi connectivity index (χ0n) is 16.6.